The van der Waals surface area contributed by atoms with E-state index in [0.29, 0.717) is 25.4 Å². The maximum atomic E-state index is 12.4. The standard InChI is InChI=1S/C23H36F3N3O2/c1-18(2)15-20-5-7-21(8-6-20)19(3)27-22(30)16-29-12-10-28(11-13-29)9-4-14-31-17-23(24,25)26/h5-8,18-19H,4,9-17H2,1-3H3,(H,27,30). The third-order valence-corrected chi connectivity index (χ3v) is 5.36. The highest BCUT2D eigenvalue weighted by Gasteiger charge is 2.27. The second-order valence-electron chi connectivity index (χ2n) is 8.77. The van der Waals surface area contributed by atoms with Gasteiger partial charge in [0.2, 0.25) is 5.91 Å². The summed E-state index contributed by atoms with van der Waals surface area (Å²) >= 11 is 0. The van der Waals surface area contributed by atoms with Crippen LogP contribution in [0.4, 0.5) is 13.2 Å². The van der Waals surface area contributed by atoms with Gasteiger partial charge in [-0.05, 0) is 36.8 Å². The van der Waals surface area contributed by atoms with Crippen molar-refractivity contribution in [3.8, 4) is 0 Å². The first kappa shape index (κ1) is 25.6. The van der Waals surface area contributed by atoms with Crippen molar-refractivity contribution in [3.63, 3.8) is 0 Å². The Morgan fingerprint density at radius 2 is 1.68 bits per heavy atom. The molecule has 1 aliphatic rings. The summed E-state index contributed by atoms with van der Waals surface area (Å²) in [6.45, 7) is 9.54. The van der Waals surface area contributed by atoms with Crippen molar-refractivity contribution in [1.29, 1.82) is 0 Å². The normalized spacial score (nSPS) is 17.1. The lowest BCUT2D eigenvalue weighted by atomic mass is 10.00. The van der Waals surface area contributed by atoms with Gasteiger partial charge in [-0.15, -0.1) is 0 Å². The molecule has 0 spiro atoms. The minimum atomic E-state index is -4.26. The third-order valence-electron chi connectivity index (χ3n) is 5.36. The molecule has 8 heteroatoms. The quantitative estimate of drug-likeness (QED) is 0.531. The number of halogens is 3. The lowest BCUT2D eigenvalue weighted by molar-refractivity contribution is -0.174. The number of rotatable bonds is 11. The van der Waals surface area contributed by atoms with Crippen LogP contribution in [0.3, 0.4) is 0 Å². The van der Waals surface area contributed by atoms with E-state index >= 15 is 0 Å². The van der Waals surface area contributed by atoms with E-state index in [4.69, 9.17) is 0 Å². The van der Waals surface area contributed by atoms with Crippen LogP contribution in [-0.4, -0.2) is 74.4 Å². The van der Waals surface area contributed by atoms with E-state index < -0.39 is 12.8 Å². The Labute approximate surface area is 183 Å². The maximum Gasteiger partial charge on any atom is 0.411 e. The number of piperazine rings is 1. The molecule has 1 atom stereocenters. The van der Waals surface area contributed by atoms with E-state index in [9.17, 15) is 18.0 Å². The molecular weight excluding hydrogens is 407 g/mol. The first-order valence-electron chi connectivity index (χ1n) is 11.1. The van der Waals surface area contributed by atoms with Crippen molar-refractivity contribution in [2.45, 2.75) is 45.8 Å². The van der Waals surface area contributed by atoms with Gasteiger partial charge in [-0.2, -0.15) is 13.2 Å². The maximum absolute atomic E-state index is 12.4. The molecular formula is C23H36F3N3O2. The molecule has 2 rings (SSSR count). The zero-order chi connectivity index (χ0) is 22.9. The summed E-state index contributed by atoms with van der Waals surface area (Å²) in [6.07, 6.45) is -2.64. The fourth-order valence-electron chi connectivity index (χ4n) is 3.74. The number of hydrogen-bond acceptors (Lipinski definition) is 4. The smallest absolute Gasteiger partial charge is 0.372 e. The molecule has 0 aliphatic carbocycles. The van der Waals surface area contributed by atoms with Gasteiger partial charge < -0.3 is 15.0 Å². The summed E-state index contributed by atoms with van der Waals surface area (Å²) in [5, 5.41) is 3.07. The van der Waals surface area contributed by atoms with E-state index in [1.807, 2.05) is 6.92 Å². The van der Waals surface area contributed by atoms with Crippen LogP contribution in [0, 0.1) is 5.92 Å². The highest BCUT2D eigenvalue weighted by molar-refractivity contribution is 5.78. The van der Waals surface area contributed by atoms with E-state index in [2.05, 4.69) is 58.0 Å². The second kappa shape index (κ2) is 12.4. The molecule has 1 unspecified atom stereocenters. The lowest BCUT2D eigenvalue weighted by Crippen LogP contribution is -2.49. The Balaban J connectivity index is 1.63. The fourth-order valence-corrected chi connectivity index (χ4v) is 3.74. The van der Waals surface area contributed by atoms with Gasteiger partial charge >= 0.3 is 6.18 Å². The summed E-state index contributed by atoms with van der Waals surface area (Å²) in [5.74, 6) is 0.624. The van der Waals surface area contributed by atoms with Crippen molar-refractivity contribution in [3.05, 3.63) is 35.4 Å². The van der Waals surface area contributed by atoms with E-state index in [1.165, 1.54) is 5.56 Å². The number of nitrogens with one attached hydrogen (secondary N) is 1. The number of benzene rings is 1. The Hall–Kier alpha value is -1.64. The Bertz CT molecular complexity index is 657. The Kier molecular flexibility index (Phi) is 10.3. The molecule has 0 saturated carbocycles. The largest absolute Gasteiger partial charge is 0.411 e. The molecule has 1 aromatic carbocycles. The van der Waals surface area contributed by atoms with Crippen molar-refractivity contribution < 1.29 is 22.7 Å². The minimum absolute atomic E-state index is 0.00718. The molecule has 1 aromatic rings. The molecule has 1 amide bonds. The minimum Gasteiger partial charge on any atom is -0.372 e. The predicted molar refractivity (Wildman–Crippen MR) is 116 cm³/mol. The van der Waals surface area contributed by atoms with Crippen LogP contribution in [0.2, 0.25) is 0 Å². The fraction of sp³-hybridized carbons (Fsp3) is 0.696. The van der Waals surface area contributed by atoms with E-state index in [-0.39, 0.29) is 18.6 Å². The first-order chi connectivity index (χ1) is 14.6. The van der Waals surface area contributed by atoms with Crippen LogP contribution in [0.1, 0.15) is 44.4 Å². The Morgan fingerprint density at radius 3 is 2.26 bits per heavy atom. The molecule has 1 N–H and O–H groups in total. The van der Waals surface area contributed by atoms with Crippen LogP contribution < -0.4 is 5.32 Å². The Morgan fingerprint density at radius 1 is 1.06 bits per heavy atom. The van der Waals surface area contributed by atoms with Gasteiger partial charge in [0.05, 0.1) is 12.6 Å². The van der Waals surface area contributed by atoms with Gasteiger partial charge in [-0.1, -0.05) is 38.1 Å². The molecule has 1 fully saturated rings. The van der Waals surface area contributed by atoms with Crippen LogP contribution in [0.5, 0.6) is 0 Å². The average Bonchev–Trinajstić information content (AvgIpc) is 2.68. The number of alkyl halides is 3. The van der Waals surface area contributed by atoms with Crippen LogP contribution in [0.25, 0.3) is 0 Å². The van der Waals surface area contributed by atoms with Crippen LogP contribution >= 0.6 is 0 Å². The molecule has 1 saturated heterocycles. The van der Waals surface area contributed by atoms with Crippen molar-refractivity contribution in [1.82, 2.24) is 15.1 Å². The molecule has 31 heavy (non-hydrogen) atoms. The van der Waals surface area contributed by atoms with Crippen molar-refractivity contribution >= 4 is 5.91 Å². The van der Waals surface area contributed by atoms with E-state index in [0.717, 1.165) is 38.2 Å². The first-order valence-corrected chi connectivity index (χ1v) is 11.1. The van der Waals surface area contributed by atoms with Gasteiger partial charge in [0, 0.05) is 39.3 Å². The van der Waals surface area contributed by atoms with Crippen molar-refractivity contribution in [2.24, 2.45) is 5.92 Å². The highest BCUT2D eigenvalue weighted by atomic mass is 19.4. The summed E-state index contributed by atoms with van der Waals surface area (Å²) in [4.78, 5) is 16.8. The summed E-state index contributed by atoms with van der Waals surface area (Å²) in [5.41, 5.74) is 2.40. The van der Waals surface area contributed by atoms with Gasteiger partial charge in [0.25, 0.3) is 0 Å². The predicted octanol–water partition coefficient (Wildman–Crippen LogP) is 3.65. The summed E-state index contributed by atoms with van der Waals surface area (Å²) in [7, 11) is 0. The monoisotopic (exact) mass is 443 g/mol. The van der Waals surface area contributed by atoms with Crippen molar-refractivity contribution in [2.75, 3.05) is 52.5 Å². The number of amides is 1. The number of carbonyl (C=O) groups is 1. The third kappa shape index (κ3) is 10.5. The van der Waals surface area contributed by atoms with Crippen LogP contribution in [0.15, 0.2) is 24.3 Å². The zero-order valence-electron chi connectivity index (χ0n) is 18.9. The van der Waals surface area contributed by atoms with Gasteiger partial charge in [-0.3, -0.25) is 9.69 Å². The lowest BCUT2D eigenvalue weighted by Gasteiger charge is -2.34. The highest BCUT2D eigenvalue weighted by Crippen LogP contribution is 2.16. The molecule has 0 bridgehead atoms. The molecule has 0 radical (unpaired) electrons. The van der Waals surface area contributed by atoms with Crippen LogP contribution in [-0.2, 0) is 16.0 Å². The molecule has 0 aromatic heterocycles. The average molecular weight is 444 g/mol. The summed E-state index contributed by atoms with van der Waals surface area (Å²) < 4.78 is 40.8. The van der Waals surface area contributed by atoms with Gasteiger partial charge in [-0.25, -0.2) is 0 Å². The molecule has 1 aliphatic heterocycles. The molecule has 5 nitrogen and oxygen atoms in total. The number of carbonyl (C=O) groups excluding carboxylic acids is 1. The zero-order valence-corrected chi connectivity index (χ0v) is 18.9. The number of hydrogen-bond donors (Lipinski definition) is 1. The van der Waals surface area contributed by atoms with E-state index in [1.54, 1.807) is 0 Å². The molecule has 1 heterocycles. The number of ether oxygens (including phenoxy) is 1. The molecule has 176 valence electrons. The topological polar surface area (TPSA) is 44.8 Å². The van der Waals surface area contributed by atoms with Gasteiger partial charge in [0.15, 0.2) is 0 Å². The second-order valence-corrected chi connectivity index (χ2v) is 8.77. The van der Waals surface area contributed by atoms with Gasteiger partial charge in [0.1, 0.15) is 6.61 Å². The summed E-state index contributed by atoms with van der Waals surface area (Å²) in [6, 6.07) is 8.38. The number of nitrogens with zero attached hydrogens (tertiary/aromatic N) is 2. The SMILES string of the molecule is CC(C)Cc1ccc(C(C)NC(=O)CN2CCN(CCCOCC(F)(F)F)CC2)cc1.